The molecule has 2 aromatic heterocycles. The molecule has 5 nitrogen and oxygen atoms in total. The van der Waals surface area contributed by atoms with Crippen LogP contribution in [0.5, 0.6) is 0 Å². The quantitative estimate of drug-likeness (QED) is 0.427. The number of pyridine rings is 1. The van der Waals surface area contributed by atoms with E-state index in [1.807, 2.05) is 0 Å². The van der Waals surface area contributed by atoms with Gasteiger partial charge in [-0.2, -0.15) is 0 Å². The van der Waals surface area contributed by atoms with Crippen LogP contribution >= 0.6 is 23.1 Å². The standard InChI is InChI=1S/C22H17ClF3N3O2S/c23-18-16(9-1-4-11(27)5-2-9)14(26)8-12-19(18)29(15-6-3-10(24)7-13(15)25)22-17(20(12)30)21(31)28-32-22/h3,6-9,11H,1-2,4-5,27H2,(H,28,31). The predicted octanol–water partition coefficient (Wildman–Crippen LogP) is 4.95. The monoisotopic (exact) mass is 479 g/mol. The number of benzene rings is 2. The van der Waals surface area contributed by atoms with Gasteiger partial charge in [0.25, 0.3) is 5.56 Å². The van der Waals surface area contributed by atoms with Gasteiger partial charge in [-0.15, -0.1) is 0 Å². The second kappa shape index (κ2) is 7.75. The topological polar surface area (TPSA) is 80.9 Å². The van der Waals surface area contributed by atoms with E-state index in [9.17, 15) is 18.4 Å². The summed E-state index contributed by atoms with van der Waals surface area (Å²) >= 11 is 7.55. The van der Waals surface area contributed by atoms with Crippen LogP contribution in [0.4, 0.5) is 13.2 Å². The molecule has 32 heavy (non-hydrogen) atoms. The van der Waals surface area contributed by atoms with Gasteiger partial charge in [0, 0.05) is 17.7 Å². The van der Waals surface area contributed by atoms with Gasteiger partial charge in [0.05, 0.1) is 21.6 Å². The molecule has 0 aliphatic heterocycles. The third-order valence-corrected chi connectivity index (χ3v) is 7.39. The Hall–Kier alpha value is -2.62. The molecule has 0 atom stereocenters. The summed E-state index contributed by atoms with van der Waals surface area (Å²) in [5.74, 6) is -2.57. The first kappa shape index (κ1) is 21.2. The summed E-state index contributed by atoms with van der Waals surface area (Å²) < 4.78 is 47.5. The number of hydrogen-bond donors (Lipinski definition) is 2. The maximum atomic E-state index is 15.3. The Morgan fingerprint density at radius 1 is 1.06 bits per heavy atom. The molecule has 1 saturated carbocycles. The summed E-state index contributed by atoms with van der Waals surface area (Å²) in [6, 6.07) is 4.04. The predicted molar refractivity (Wildman–Crippen MR) is 120 cm³/mol. The summed E-state index contributed by atoms with van der Waals surface area (Å²) in [5.41, 5.74) is 4.82. The number of rotatable bonds is 2. The van der Waals surface area contributed by atoms with Crippen molar-refractivity contribution in [3.63, 3.8) is 0 Å². The first-order valence-electron chi connectivity index (χ1n) is 10.1. The highest BCUT2D eigenvalue weighted by Gasteiger charge is 2.29. The minimum absolute atomic E-state index is 0.0240. The third-order valence-electron chi connectivity index (χ3n) is 6.14. The van der Waals surface area contributed by atoms with Gasteiger partial charge in [-0.25, -0.2) is 13.2 Å². The molecule has 0 radical (unpaired) electrons. The van der Waals surface area contributed by atoms with Crippen molar-refractivity contribution >= 4 is 44.3 Å². The number of fused-ring (bicyclic) bond motifs is 2. The van der Waals surface area contributed by atoms with Gasteiger partial charge in [0.1, 0.15) is 27.7 Å². The lowest BCUT2D eigenvalue weighted by atomic mass is 9.81. The van der Waals surface area contributed by atoms with Crippen LogP contribution in [0.1, 0.15) is 37.2 Å². The zero-order valence-corrected chi connectivity index (χ0v) is 18.1. The van der Waals surface area contributed by atoms with Gasteiger partial charge in [0.2, 0.25) is 5.43 Å². The molecule has 0 saturated heterocycles. The van der Waals surface area contributed by atoms with Crippen LogP contribution in [0, 0.1) is 17.5 Å². The molecule has 1 fully saturated rings. The summed E-state index contributed by atoms with van der Waals surface area (Å²) in [7, 11) is 0. The summed E-state index contributed by atoms with van der Waals surface area (Å²) in [6.45, 7) is 0. The minimum atomic E-state index is -0.914. The van der Waals surface area contributed by atoms with Gasteiger partial charge in [-0.05, 0) is 61.3 Å². The second-order valence-corrected chi connectivity index (χ2v) is 9.24. The van der Waals surface area contributed by atoms with Crippen LogP contribution in [0.25, 0.3) is 26.8 Å². The normalized spacial score (nSPS) is 19.2. The SMILES string of the molecule is NC1CCC(c2c(F)cc3c(=O)c4c(=O)[nH]sc4n(-c4ccc(F)cc4F)c3c2Cl)CC1. The maximum Gasteiger partial charge on any atom is 0.271 e. The van der Waals surface area contributed by atoms with Crippen molar-refractivity contribution in [2.45, 2.75) is 37.6 Å². The Morgan fingerprint density at radius 3 is 2.47 bits per heavy atom. The van der Waals surface area contributed by atoms with E-state index in [4.69, 9.17) is 17.3 Å². The third kappa shape index (κ3) is 3.18. The first-order chi connectivity index (χ1) is 15.3. The van der Waals surface area contributed by atoms with Crippen LogP contribution in [-0.2, 0) is 0 Å². The summed E-state index contributed by atoms with van der Waals surface area (Å²) in [5, 5.41) is -0.411. The lowest BCUT2D eigenvalue weighted by Gasteiger charge is -2.28. The number of hydrogen-bond acceptors (Lipinski definition) is 4. The molecule has 2 aromatic carbocycles. The van der Waals surface area contributed by atoms with E-state index in [0.29, 0.717) is 31.7 Å². The van der Waals surface area contributed by atoms with Gasteiger partial charge in [-0.1, -0.05) is 11.6 Å². The molecule has 0 amide bonds. The number of H-pyrrole nitrogens is 1. The fourth-order valence-electron chi connectivity index (χ4n) is 4.58. The Labute approximate surface area is 188 Å². The van der Waals surface area contributed by atoms with Crippen molar-refractivity contribution in [3.05, 3.63) is 72.9 Å². The fraction of sp³-hybridized carbons (Fsp3) is 0.273. The zero-order chi connectivity index (χ0) is 22.7. The van der Waals surface area contributed by atoms with Crippen LogP contribution < -0.4 is 16.7 Å². The van der Waals surface area contributed by atoms with E-state index < -0.39 is 28.4 Å². The lowest BCUT2D eigenvalue weighted by Crippen LogP contribution is -2.26. The smallest absolute Gasteiger partial charge is 0.271 e. The van der Waals surface area contributed by atoms with Crippen LogP contribution in [0.2, 0.25) is 5.02 Å². The highest BCUT2D eigenvalue weighted by molar-refractivity contribution is 7.12. The molecular weight excluding hydrogens is 463 g/mol. The number of halogens is 4. The van der Waals surface area contributed by atoms with Crippen molar-refractivity contribution in [2.75, 3.05) is 0 Å². The van der Waals surface area contributed by atoms with Crippen molar-refractivity contribution in [3.8, 4) is 5.69 Å². The van der Waals surface area contributed by atoms with Gasteiger partial charge < -0.3 is 5.73 Å². The van der Waals surface area contributed by atoms with Gasteiger partial charge in [-0.3, -0.25) is 18.5 Å². The minimum Gasteiger partial charge on any atom is -0.328 e. The number of aromatic amines is 1. The van der Waals surface area contributed by atoms with E-state index in [-0.39, 0.29) is 49.4 Å². The molecule has 5 rings (SSSR count). The second-order valence-electron chi connectivity index (χ2n) is 8.07. The maximum absolute atomic E-state index is 15.3. The number of nitrogens with one attached hydrogen (secondary N) is 1. The summed E-state index contributed by atoms with van der Waals surface area (Å²) in [6.07, 6.45) is 2.66. The zero-order valence-electron chi connectivity index (χ0n) is 16.6. The first-order valence-corrected chi connectivity index (χ1v) is 11.3. The van der Waals surface area contributed by atoms with Gasteiger partial charge in [0.15, 0.2) is 0 Å². The highest BCUT2D eigenvalue weighted by Crippen LogP contribution is 2.42. The van der Waals surface area contributed by atoms with E-state index in [0.717, 1.165) is 23.7 Å². The average Bonchev–Trinajstić information content (AvgIpc) is 3.13. The molecule has 3 N–H and O–H groups in total. The van der Waals surface area contributed by atoms with Crippen LogP contribution in [-0.4, -0.2) is 15.0 Å². The molecule has 0 spiro atoms. The number of nitrogens with zero attached hydrogens (tertiary/aromatic N) is 1. The Morgan fingerprint density at radius 2 is 1.78 bits per heavy atom. The fourth-order valence-corrected chi connectivity index (χ4v) is 5.87. The Balaban J connectivity index is 1.93. The van der Waals surface area contributed by atoms with Crippen molar-refractivity contribution in [1.82, 2.24) is 8.94 Å². The molecule has 2 heterocycles. The average molecular weight is 480 g/mol. The summed E-state index contributed by atoms with van der Waals surface area (Å²) in [4.78, 5) is 25.5. The molecule has 1 aliphatic rings. The van der Waals surface area contributed by atoms with Crippen molar-refractivity contribution in [1.29, 1.82) is 0 Å². The molecule has 166 valence electrons. The highest BCUT2D eigenvalue weighted by atomic mass is 35.5. The van der Waals surface area contributed by atoms with Gasteiger partial charge >= 0.3 is 0 Å². The largest absolute Gasteiger partial charge is 0.328 e. The molecular formula is C22H17ClF3N3O2S. The van der Waals surface area contributed by atoms with Crippen molar-refractivity contribution < 1.29 is 13.2 Å². The molecule has 0 bridgehead atoms. The molecule has 4 aromatic rings. The van der Waals surface area contributed by atoms with Crippen molar-refractivity contribution in [2.24, 2.45) is 5.73 Å². The Kier molecular flexibility index (Phi) is 5.15. The molecule has 10 heteroatoms. The molecule has 0 unspecified atom stereocenters. The lowest BCUT2D eigenvalue weighted by molar-refractivity contribution is 0.387. The van der Waals surface area contributed by atoms with Crippen LogP contribution in [0.15, 0.2) is 33.9 Å². The van der Waals surface area contributed by atoms with Crippen LogP contribution in [0.3, 0.4) is 0 Å². The van der Waals surface area contributed by atoms with E-state index in [2.05, 4.69) is 4.37 Å². The number of aromatic nitrogens is 2. The Bertz CT molecular complexity index is 1500. The molecule has 1 aliphatic carbocycles. The van der Waals surface area contributed by atoms with E-state index in [1.165, 1.54) is 10.6 Å². The van der Waals surface area contributed by atoms with E-state index >= 15 is 4.39 Å². The number of nitrogens with two attached hydrogens (primary N) is 1. The van der Waals surface area contributed by atoms with E-state index in [1.54, 1.807) is 0 Å².